The van der Waals surface area contributed by atoms with Gasteiger partial charge in [0.15, 0.2) is 0 Å². The molecule has 1 aromatic heterocycles. The van der Waals surface area contributed by atoms with E-state index in [0.717, 1.165) is 18.6 Å². The minimum atomic E-state index is -0.867. The molecule has 1 aromatic carbocycles. The Morgan fingerprint density at radius 2 is 1.92 bits per heavy atom. The maximum atomic E-state index is 14.0. The van der Waals surface area contributed by atoms with Gasteiger partial charge in [0.05, 0.1) is 0 Å². The lowest BCUT2D eigenvalue weighted by Crippen LogP contribution is -2.41. The molecule has 1 aliphatic rings. The monoisotopic (exact) mass is 364 g/mol. The zero-order chi connectivity index (χ0) is 19.0. The number of hydrogen-bond donors (Lipinski definition) is 0. The molecule has 8 heteroatoms. The summed E-state index contributed by atoms with van der Waals surface area (Å²) in [5.74, 6) is -1.94. The number of carbonyl (C=O) groups is 1. The number of aryl methyl sites for hydroxylation is 1. The number of piperidine rings is 1. The molecular weight excluding hydrogens is 342 g/mol. The van der Waals surface area contributed by atoms with Gasteiger partial charge >= 0.3 is 5.69 Å². The summed E-state index contributed by atoms with van der Waals surface area (Å²) in [6.45, 7) is 4.48. The zero-order valence-electron chi connectivity index (χ0n) is 15.1. The molecule has 140 valence electrons. The first kappa shape index (κ1) is 18.3. The maximum Gasteiger partial charge on any atom is 0.345 e. The van der Waals surface area contributed by atoms with E-state index in [1.807, 2.05) is 13.8 Å². The van der Waals surface area contributed by atoms with E-state index in [0.29, 0.717) is 18.8 Å². The first-order chi connectivity index (χ1) is 12.3. The highest BCUT2D eigenvalue weighted by atomic mass is 19.1. The second kappa shape index (κ2) is 7.01. The van der Waals surface area contributed by atoms with E-state index < -0.39 is 23.1 Å². The number of hydrogen-bond acceptors (Lipinski definition) is 3. The van der Waals surface area contributed by atoms with Crippen LogP contribution in [0, 0.1) is 11.6 Å². The SMILES string of the molecule is CC(C)n1c(C2CCCN(C(=O)c3c(F)cccc3F)C2)nn(C)c1=O. The Kier molecular flexibility index (Phi) is 4.93. The predicted molar refractivity (Wildman–Crippen MR) is 92.1 cm³/mol. The van der Waals surface area contributed by atoms with Crippen molar-refractivity contribution in [1.29, 1.82) is 0 Å². The molecule has 1 aliphatic heterocycles. The van der Waals surface area contributed by atoms with Crippen LogP contribution in [-0.2, 0) is 7.05 Å². The minimum Gasteiger partial charge on any atom is -0.338 e. The molecule has 1 saturated heterocycles. The van der Waals surface area contributed by atoms with Crippen molar-refractivity contribution in [2.45, 2.75) is 38.6 Å². The van der Waals surface area contributed by atoms with Crippen LogP contribution in [0.1, 0.15) is 54.8 Å². The Bertz CT molecular complexity index is 868. The molecule has 6 nitrogen and oxygen atoms in total. The quantitative estimate of drug-likeness (QED) is 0.841. The van der Waals surface area contributed by atoms with Gasteiger partial charge in [-0.3, -0.25) is 9.36 Å². The van der Waals surface area contributed by atoms with Crippen LogP contribution < -0.4 is 5.69 Å². The van der Waals surface area contributed by atoms with Gasteiger partial charge in [-0.05, 0) is 38.8 Å². The Balaban J connectivity index is 1.90. The van der Waals surface area contributed by atoms with Crippen molar-refractivity contribution in [3.63, 3.8) is 0 Å². The summed E-state index contributed by atoms with van der Waals surface area (Å²) in [5, 5.41) is 4.34. The van der Waals surface area contributed by atoms with Crippen molar-refractivity contribution in [1.82, 2.24) is 19.2 Å². The third-order valence-electron chi connectivity index (χ3n) is 4.75. The normalized spacial score (nSPS) is 17.8. The third-order valence-corrected chi connectivity index (χ3v) is 4.75. The molecule has 1 fully saturated rings. The lowest BCUT2D eigenvalue weighted by Gasteiger charge is -2.32. The summed E-state index contributed by atoms with van der Waals surface area (Å²) in [7, 11) is 1.59. The van der Waals surface area contributed by atoms with Crippen LogP contribution in [0.5, 0.6) is 0 Å². The van der Waals surface area contributed by atoms with E-state index in [-0.39, 0.29) is 24.2 Å². The first-order valence-corrected chi connectivity index (χ1v) is 8.70. The summed E-state index contributed by atoms with van der Waals surface area (Å²) < 4.78 is 30.8. The van der Waals surface area contributed by atoms with Gasteiger partial charge < -0.3 is 4.90 Å². The van der Waals surface area contributed by atoms with Crippen LogP contribution >= 0.6 is 0 Å². The average molecular weight is 364 g/mol. The molecule has 0 radical (unpaired) electrons. The summed E-state index contributed by atoms with van der Waals surface area (Å²) in [4.78, 5) is 26.4. The second-order valence-corrected chi connectivity index (χ2v) is 6.92. The molecule has 0 spiro atoms. The van der Waals surface area contributed by atoms with Gasteiger partial charge in [0, 0.05) is 32.1 Å². The van der Waals surface area contributed by atoms with Gasteiger partial charge in [0.25, 0.3) is 5.91 Å². The van der Waals surface area contributed by atoms with Crippen molar-refractivity contribution in [3.8, 4) is 0 Å². The van der Waals surface area contributed by atoms with E-state index in [4.69, 9.17) is 0 Å². The highest BCUT2D eigenvalue weighted by molar-refractivity contribution is 5.94. The Morgan fingerprint density at radius 1 is 1.27 bits per heavy atom. The molecule has 1 atom stereocenters. The van der Waals surface area contributed by atoms with Crippen LogP contribution in [0.3, 0.4) is 0 Å². The number of rotatable bonds is 3. The number of likely N-dealkylation sites (tertiary alicyclic amines) is 1. The maximum absolute atomic E-state index is 14.0. The number of benzene rings is 1. The molecule has 0 aliphatic carbocycles. The molecule has 1 unspecified atom stereocenters. The molecule has 0 saturated carbocycles. The van der Waals surface area contributed by atoms with Crippen molar-refractivity contribution < 1.29 is 13.6 Å². The Hall–Kier alpha value is -2.51. The lowest BCUT2D eigenvalue weighted by atomic mass is 9.96. The third kappa shape index (κ3) is 3.15. The molecule has 2 heterocycles. The average Bonchev–Trinajstić information content (AvgIpc) is 2.90. The van der Waals surface area contributed by atoms with Crippen LogP contribution in [-0.4, -0.2) is 38.2 Å². The van der Waals surface area contributed by atoms with Gasteiger partial charge in [0.2, 0.25) is 0 Å². The van der Waals surface area contributed by atoms with Gasteiger partial charge in [0.1, 0.15) is 23.0 Å². The smallest absolute Gasteiger partial charge is 0.338 e. The number of carbonyl (C=O) groups excluding carboxylic acids is 1. The second-order valence-electron chi connectivity index (χ2n) is 6.92. The number of nitrogens with zero attached hydrogens (tertiary/aromatic N) is 4. The van der Waals surface area contributed by atoms with E-state index in [1.54, 1.807) is 11.6 Å². The minimum absolute atomic E-state index is 0.0682. The zero-order valence-corrected chi connectivity index (χ0v) is 15.1. The highest BCUT2D eigenvalue weighted by Crippen LogP contribution is 2.28. The predicted octanol–water partition coefficient (Wildman–Crippen LogP) is 2.46. The summed E-state index contributed by atoms with van der Waals surface area (Å²) in [6.07, 6.45) is 1.43. The number of aromatic nitrogens is 3. The van der Waals surface area contributed by atoms with Gasteiger partial charge in [-0.1, -0.05) is 6.07 Å². The standard InChI is InChI=1S/C18H22F2N4O2/c1-11(2)24-16(21-22(3)18(24)26)12-6-5-9-23(10-12)17(25)15-13(19)7-4-8-14(15)20/h4,7-8,11-12H,5-6,9-10H2,1-3H3. The Morgan fingerprint density at radius 3 is 2.54 bits per heavy atom. The fourth-order valence-corrected chi connectivity index (χ4v) is 3.49. The van der Waals surface area contributed by atoms with Gasteiger partial charge in [-0.25, -0.2) is 18.3 Å². The summed E-state index contributed by atoms with van der Waals surface area (Å²) >= 11 is 0. The molecule has 0 bridgehead atoms. The molecule has 1 amide bonds. The molecule has 3 rings (SSSR count). The summed E-state index contributed by atoms with van der Waals surface area (Å²) in [5.41, 5.74) is -0.742. The van der Waals surface area contributed by atoms with Crippen molar-refractivity contribution in [2.24, 2.45) is 7.05 Å². The van der Waals surface area contributed by atoms with Crippen molar-refractivity contribution in [3.05, 3.63) is 51.7 Å². The first-order valence-electron chi connectivity index (χ1n) is 8.70. The Labute approximate surface area is 150 Å². The molecule has 2 aromatic rings. The van der Waals surface area contributed by atoms with Crippen molar-refractivity contribution in [2.75, 3.05) is 13.1 Å². The molecule has 0 N–H and O–H groups in total. The van der Waals surface area contributed by atoms with Gasteiger partial charge in [-0.2, -0.15) is 5.10 Å². The lowest BCUT2D eigenvalue weighted by molar-refractivity contribution is 0.0693. The van der Waals surface area contributed by atoms with Gasteiger partial charge in [-0.15, -0.1) is 0 Å². The fraction of sp³-hybridized carbons (Fsp3) is 0.500. The van der Waals surface area contributed by atoms with Crippen LogP contribution in [0.2, 0.25) is 0 Å². The van der Waals surface area contributed by atoms with E-state index in [9.17, 15) is 18.4 Å². The summed E-state index contributed by atoms with van der Waals surface area (Å²) in [6, 6.07) is 3.32. The molecular formula is C18H22F2N4O2. The van der Waals surface area contributed by atoms with Crippen LogP contribution in [0.25, 0.3) is 0 Å². The van der Waals surface area contributed by atoms with Crippen LogP contribution in [0.4, 0.5) is 8.78 Å². The molecule has 26 heavy (non-hydrogen) atoms. The number of amides is 1. The van der Waals surface area contributed by atoms with E-state index >= 15 is 0 Å². The topological polar surface area (TPSA) is 60.1 Å². The number of halogens is 2. The van der Waals surface area contributed by atoms with E-state index in [1.165, 1.54) is 15.6 Å². The van der Waals surface area contributed by atoms with Crippen LogP contribution in [0.15, 0.2) is 23.0 Å². The largest absolute Gasteiger partial charge is 0.345 e. The highest BCUT2D eigenvalue weighted by Gasteiger charge is 2.32. The van der Waals surface area contributed by atoms with E-state index in [2.05, 4.69) is 5.10 Å². The van der Waals surface area contributed by atoms with Crippen molar-refractivity contribution >= 4 is 5.91 Å². The fourth-order valence-electron chi connectivity index (χ4n) is 3.49.